The van der Waals surface area contributed by atoms with Gasteiger partial charge < -0.3 is 15.7 Å². The van der Waals surface area contributed by atoms with Gasteiger partial charge in [0, 0.05) is 12.6 Å². The number of amides is 1. The van der Waals surface area contributed by atoms with Crippen LogP contribution in [0.4, 0.5) is 5.82 Å². The van der Waals surface area contributed by atoms with Crippen LogP contribution in [0.25, 0.3) is 0 Å². The second-order valence-corrected chi connectivity index (χ2v) is 6.86. The summed E-state index contributed by atoms with van der Waals surface area (Å²) in [6, 6.07) is 1.94. The minimum absolute atomic E-state index is 0.0380. The Morgan fingerprint density at radius 2 is 2.29 bits per heavy atom. The van der Waals surface area contributed by atoms with Crippen molar-refractivity contribution in [2.75, 3.05) is 11.1 Å². The Labute approximate surface area is 132 Å². The Bertz CT molecular complexity index is 555. The molecule has 3 N–H and O–H groups in total. The van der Waals surface area contributed by atoms with Crippen LogP contribution in [0.15, 0.2) is 11.0 Å². The van der Waals surface area contributed by atoms with Crippen molar-refractivity contribution in [3.8, 4) is 0 Å². The molecule has 0 bridgehead atoms. The first-order chi connectivity index (χ1) is 10.1. The molecule has 1 fully saturated rings. The minimum Gasteiger partial charge on any atom is -0.392 e. The average Bonchev–Trinajstić information content (AvgIpc) is 2.47. The molecule has 1 aromatic rings. The largest absolute Gasteiger partial charge is 0.392 e. The van der Waals surface area contributed by atoms with Crippen LogP contribution in [-0.4, -0.2) is 33.9 Å². The van der Waals surface area contributed by atoms with E-state index < -0.39 is 0 Å². The molecular formula is C14H18ClN3O2S. The van der Waals surface area contributed by atoms with Crippen LogP contribution in [0, 0.1) is 0 Å². The predicted octanol–water partition coefficient (Wildman–Crippen LogP) is 2.17. The van der Waals surface area contributed by atoms with Crippen LogP contribution in [0.5, 0.6) is 0 Å². The summed E-state index contributed by atoms with van der Waals surface area (Å²) in [4.78, 5) is 16.8. The first-order valence-corrected chi connectivity index (χ1v) is 8.53. The monoisotopic (exact) mass is 327 g/mol. The van der Waals surface area contributed by atoms with Gasteiger partial charge in [-0.3, -0.25) is 4.79 Å². The number of carbonyl (C=O) groups excluding carboxylic acids is 1. The molecule has 1 aliphatic carbocycles. The van der Waals surface area contributed by atoms with Gasteiger partial charge in [0.1, 0.15) is 5.82 Å². The molecule has 0 radical (unpaired) electrons. The lowest BCUT2D eigenvalue weighted by molar-refractivity contribution is -0.113. The van der Waals surface area contributed by atoms with Crippen molar-refractivity contribution >= 4 is 35.1 Å². The van der Waals surface area contributed by atoms with Crippen molar-refractivity contribution in [1.82, 2.24) is 10.3 Å². The van der Waals surface area contributed by atoms with Gasteiger partial charge in [-0.05, 0) is 18.9 Å². The van der Waals surface area contributed by atoms with Crippen molar-refractivity contribution < 1.29 is 9.90 Å². The topological polar surface area (TPSA) is 74.2 Å². The summed E-state index contributed by atoms with van der Waals surface area (Å²) in [6.07, 6.45) is 3.73. The van der Waals surface area contributed by atoms with E-state index in [2.05, 4.69) is 15.6 Å². The fourth-order valence-corrected chi connectivity index (χ4v) is 3.80. The minimum atomic E-state index is -0.301. The number of hydrogen-bond donors (Lipinski definition) is 3. The van der Waals surface area contributed by atoms with Crippen LogP contribution < -0.4 is 10.6 Å². The van der Waals surface area contributed by atoms with Gasteiger partial charge in [-0.1, -0.05) is 24.4 Å². The third kappa shape index (κ3) is 3.51. The van der Waals surface area contributed by atoms with Gasteiger partial charge in [0.2, 0.25) is 5.91 Å². The van der Waals surface area contributed by atoms with Gasteiger partial charge in [-0.15, -0.1) is 11.8 Å². The van der Waals surface area contributed by atoms with Gasteiger partial charge in [0.25, 0.3) is 0 Å². The van der Waals surface area contributed by atoms with Crippen LogP contribution in [0.3, 0.4) is 0 Å². The maximum atomic E-state index is 11.4. The molecule has 21 heavy (non-hydrogen) atoms. The molecule has 114 valence electrons. The molecular weight excluding hydrogens is 310 g/mol. The van der Waals surface area contributed by atoms with Crippen molar-refractivity contribution in [2.24, 2.45) is 0 Å². The molecule has 3 rings (SSSR count). The molecule has 2 heterocycles. The van der Waals surface area contributed by atoms with Crippen LogP contribution in [0.2, 0.25) is 5.02 Å². The summed E-state index contributed by atoms with van der Waals surface area (Å²) in [5, 5.41) is 16.7. The number of aliphatic hydroxyl groups excluding tert-OH is 1. The maximum absolute atomic E-state index is 11.4. The summed E-state index contributed by atoms with van der Waals surface area (Å²) in [7, 11) is 0. The fourth-order valence-electron chi connectivity index (χ4n) is 2.72. The number of fused-ring (bicyclic) bond motifs is 1. The molecule has 7 heteroatoms. The molecule has 5 nitrogen and oxygen atoms in total. The van der Waals surface area contributed by atoms with Gasteiger partial charge >= 0.3 is 0 Å². The van der Waals surface area contributed by atoms with Crippen LogP contribution in [0.1, 0.15) is 31.4 Å². The molecule has 1 aliphatic heterocycles. The third-order valence-electron chi connectivity index (χ3n) is 3.89. The zero-order valence-corrected chi connectivity index (χ0v) is 13.1. The maximum Gasteiger partial charge on any atom is 0.235 e. The number of hydrogen-bond acceptors (Lipinski definition) is 5. The summed E-state index contributed by atoms with van der Waals surface area (Å²) in [5.74, 6) is 0.947. The Hall–Kier alpha value is -0.820. The lowest BCUT2D eigenvalue weighted by Gasteiger charge is -2.28. The molecule has 1 saturated carbocycles. The fraction of sp³-hybridized carbons (Fsp3) is 0.571. The quantitative estimate of drug-likeness (QED) is 0.793. The number of nitrogens with zero attached hydrogens (tertiary/aromatic N) is 1. The highest BCUT2D eigenvalue weighted by Crippen LogP contribution is 2.33. The molecule has 2 atom stereocenters. The normalized spacial score (nSPS) is 25.3. The summed E-state index contributed by atoms with van der Waals surface area (Å²) in [6.45, 7) is 0.494. The molecule has 0 aromatic carbocycles. The molecule has 1 aromatic heterocycles. The molecule has 2 aliphatic rings. The molecule has 0 saturated heterocycles. The standard InChI is InChI=1S/C14H18ClN3O2S/c15-8-5-12-14(18-13(20)7-21-12)17-10(8)6-16-9-3-1-2-4-11(9)19/h5,9,11,16,19H,1-4,6-7H2,(H,17,18,20)/t9-,11-/m1/s1. The third-order valence-corrected chi connectivity index (χ3v) is 5.25. The molecule has 0 unspecified atom stereocenters. The average molecular weight is 328 g/mol. The smallest absolute Gasteiger partial charge is 0.235 e. The number of halogens is 1. The van der Waals surface area contributed by atoms with E-state index in [0.29, 0.717) is 28.8 Å². The Balaban J connectivity index is 1.70. The number of nitrogens with one attached hydrogen (secondary N) is 2. The lowest BCUT2D eigenvalue weighted by Crippen LogP contribution is -2.41. The highest BCUT2D eigenvalue weighted by atomic mass is 35.5. The van der Waals surface area contributed by atoms with Crippen molar-refractivity contribution in [3.05, 3.63) is 16.8 Å². The van der Waals surface area contributed by atoms with Gasteiger partial charge in [0.05, 0.1) is 27.5 Å². The van der Waals surface area contributed by atoms with Crippen LogP contribution in [-0.2, 0) is 11.3 Å². The summed E-state index contributed by atoms with van der Waals surface area (Å²) in [5.41, 5.74) is 0.705. The number of carbonyl (C=O) groups is 1. The number of pyridine rings is 1. The Morgan fingerprint density at radius 3 is 3.10 bits per heavy atom. The highest BCUT2D eigenvalue weighted by Gasteiger charge is 2.23. The van der Waals surface area contributed by atoms with E-state index in [-0.39, 0.29) is 18.1 Å². The first-order valence-electron chi connectivity index (χ1n) is 7.17. The van der Waals surface area contributed by atoms with Gasteiger partial charge in [-0.2, -0.15) is 0 Å². The number of anilines is 1. The summed E-state index contributed by atoms with van der Waals surface area (Å²) >= 11 is 7.71. The van der Waals surface area contributed by atoms with E-state index in [1.165, 1.54) is 11.8 Å². The van der Waals surface area contributed by atoms with E-state index in [1.54, 1.807) is 0 Å². The second kappa shape index (κ2) is 6.52. The van der Waals surface area contributed by atoms with Crippen LogP contribution >= 0.6 is 23.4 Å². The molecule has 0 spiro atoms. The van der Waals surface area contributed by atoms with Crippen molar-refractivity contribution in [1.29, 1.82) is 0 Å². The van der Waals surface area contributed by atoms with E-state index in [4.69, 9.17) is 11.6 Å². The zero-order valence-electron chi connectivity index (χ0n) is 11.6. The lowest BCUT2D eigenvalue weighted by atomic mass is 9.92. The van der Waals surface area contributed by atoms with E-state index in [9.17, 15) is 9.90 Å². The number of thioether (sulfide) groups is 1. The number of aliphatic hydroxyl groups is 1. The van der Waals surface area contributed by atoms with Gasteiger partial charge in [0.15, 0.2) is 0 Å². The van der Waals surface area contributed by atoms with Crippen molar-refractivity contribution in [3.63, 3.8) is 0 Å². The predicted molar refractivity (Wildman–Crippen MR) is 83.7 cm³/mol. The van der Waals surface area contributed by atoms with Crippen molar-refractivity contribution in [2.45, 2.75) is 49.3 Å². The van der Waals surface area contributed by atoms with E-state index >= 15 is 0 Å². The Morgan fingerprint density at radius 1 is 1.48 bits per heavy atom. The number of rotatable bonds is 3. The second-order valence-electron chi connectivity index (χ2n) is 5.44. The summed E-state index contributed by atoms with van der Waals surface area (Å²) < 4.78 is 0. The Kier molecular flexibility index (Phi) is 4.69. The first kappa shape index (κ1) is 15.1. The SMILES string of the molecule is O=C1CSc2cc(Cl)c(CN[C@@H]3CCCC[C@H]3O)nc2N1. The van der Waals surface area contributed by atoms with E-state index in [0.717, 1.165) is 30.6 Å². The molecule has 1 amide bonds. The van der Waals surface area contributed by atoms with Gasteiger partial charge in [-0.25, -0.2) is 4.98 Å². The van der Waals surface area contributed by atoms with E-state index in [1.807, 2.05) is 6.07 Å². The highest BCUT2D eigenvalue weighted by molar-refractivity contribution is 8.00. The zero-order chi connectivity index (χ0) is 14.8. The number of aromatic nitrogens is 1.